The Morgan fingerprint density at radius 2 is 1.89 bits per heavy atom. The van der Waals surface area contributed by atoms with E-state index in [9.17, 15) is 19.7 Å². The van der Waals surface area contributed by atoms with Gasteiger partial charge in [-0.3, -0.25) is 19.7 Å². The van der Waals surface area contributed by atoms with Gasteiger partial charge >= 0.3 is 5.97 Å². The molecule has 0 bridgehead atoms. The van der Waals surface area contributed by atoms with Gasteiger partial charge in [0.05, 0.1) is 23.2 Å². The summed E-state index contributed by atoms with van der Waals surface area (Å²) in [5, 5.41) is 20.4. The molecule has 2 aromatic carbocycles. The van der Waals surface area contributed by atoms with Crippen molar-refractivity contribution in [1.82, 2.24) is 4.90 Å². The highest BCUT2D eigenvalue weighted by atomic mass is 16.6. The summed E-state index contributed by atoms with van der Waals surface area (Å²) in [7, 11) is 1.35. The number of methoxy groups -OCH3 is 1. The lowest BCUT2D eigenvalue weighted by molar-refractivity contribution is -0.385. The Hall–Kier alpha value is -3.42. The molecule has 1 amide bonds. The first-order valence-electron chi connectivity index (χ1n) is 8.21. The van der Waals surface area contributed by atoms with Gasteiger partial charge in [-0.1, -0.05) is 30.3 Å². The van der Waals surface area contributed by atoms with Crippen LogP contribution >= 0.6 is 0 Å². The van der Waals surface area contributed by atoms with Gasteiger partial charge in [-0.25, -0.2) is 0 Å². The van der Waals surface area contributed by atoms with Crippen LogP contribution in [0, 0.1) is 17.0 Å². The zero-order chi connectivity index (χ0) is 20.0. The van der Waals surface area contributed by atoms with Gasteiger partial charge in [0.2, 0.25) is 0 Å². The van der Waals surface area contributed by atoms with Crippen molar-refractivity contribution < 1.29 is 24.4 Å². The largest absolute Gasteiger partial charge is 0.496 e. The number of ether oxygens (including phenoxy) is 1. The van der Waals surface area contributed by atoms with Gasteiger partial charge in [0.25, 0.3) is 11.6 Å². The Balaban J connectivity index is 2.32. The van der Waals surface area contributed by atoms with E-state index >= 15 is 0 Å². The molecule has 8 nitrogen and oxygen atoms in total. The normalized spacial score (nSPS) is 10.3. The minimum absolute atomic E-state index is 0.0125. The second-order valence-electron chi connectivity index (χ2n) is 5.94. The first kappa shape index (κ1) is 19.9. The number of carbonyl (C=O) groups is 2. The zero-order valence-corrected chi connectivity index (χ0v) is 15.0. The molecule has 0 aliphatic rings. The molecule has 142 valence electrons. The van der Waals surface area contributed by atoms with Crippen LogP contribution in [0.25, 0.3) is 0 Å². The smallest absolute Gasteiger partial charge is 0.323 e. The average molecular weight is 372 g/mol. The highest BCUT2D eigenvalue weighted by Gasteiger charge is 2.24. The number of nitrogens with zero attached hydrogens (tertiary/aromatic N) is 2. The summed E-state index contributed by atoms with van der Waals surface area (Å²) in [6, 6.07) is 11.9. The van der Waals surface area contributed by atoms with E-state index < -0.39 is 23.3 Å². The van der Waals surface area contributed by atoms with E-state index in [1.807, 2.05) is 30.3 Å². The first-order chi connectivity index (χ1) is 12.8. The Labute approximate surface area is 156 Å². The van der Waals surface area contributed by atoms with Gasteiger partial charge in [-0.15, -0.1) is 0 Å². The van der Waals surface area contributed by atoms with Gasteiger partial charge in [0.15, 0.2) is 0 Å². The SMILES string of the molecule is COc1cc(C(=O)N(CCc2ccccc2)CC(=O)O)cc([N+](=O)[O-])c1C. The molecule has 0 fully saturated rings. The van der Waals surface area contributed by atoms with Crippen molar-refractivity contribution in [2.45, 2.75) is 13.3 Å². The van der Waals surface area contributed by atoms with Crippen molar-refractivity contribution in [3.63, 3.8) is 0 Å². The molecule has 2 rings (SSSR count). The molecule has 1 N–H and O–H groups in total. The molecule has 0 aliphatic heterocycles. The molecule has 0 saturated carbocycles. The van der Waals surface area contributed by atoms with E-state index in [-0.39, 0.29) is 23.5 Å². The first-order valence-corrected chi connectivity index (χ1v) is 8.21. The van der Waals surface area contributed by atoms with E-state index in [0.29, 0.717) is 12.0 Å². The molecule has 0 aliphatic carbocycles. The van der Waals surface area contributed by atoms with Crippen LogP contribution in [-0.4, -0.2) is 47.0 Å². The molecular formula is C19H20N2O6. The summed E-state index contributed by atoms with van der Waals surface area (Å²) >= 11 is 0. The molecule has 0 heterocycles. The molecular weight excluding hydrogens is 352 g/mol. The lowest BCUT2D eigenvalue weighted by Crippen LogP contribution is -2.37. The van der Waals surface area contributed by atoms with Crippen LogP contribution in [0.2, 0.25) is 0 Å². The quantitative estimate of drug-likeness (QED) is 0.563. The standard InChI is InChI=1S/C19H20N2O6/c1-13-16(21(25)26)10-15(11-17(13)27-2)19(24)20(12-18(22)23)9-8-14-6-4-3-5-7-14/h3-7,10-11H,8-9,12H2,1-2H3,(H,22,23). The summed E-state index contributed by atoms with van der Waals surface area (Å²) in [6.07, 6.45) is 0.463. The van der Waals surface area contributed by atoms with Crippen molar-refractivity contribution in [3.05, 3.63) is 69.3 Å². The second kappa shape index (κ2) is 8.79. The van der Waals surface area contributed by atoms with E-state index in [2.05, 4.69) is 0 Å². The minimum Gasteiger partial charge on any atom is -0.496 e. The molecule has 27 heavy (non-hydrogen) atoms. The summed E-state index contributed by atoms with van der Waals surface area (Å²) in [6.45, 7) is 1.18. The minimum atomic E-state index is -1.16. The number of hydrogen-bond donors (Lipinski definition) is 1. The maximum Gasteiger partial charge on any atom is 0.323 e. The number of benzene rings is 2. The Bertz CT molecular complexity index is 851. The average Bonchev–Trinajstić information content (AvgIpc) is 2.65. The van der Waals surface area contributed by atoms with Gasteiger partial charge < -0.3 is 14.7 Å². The fourth-order valence-electron chi connectivity index (χ4n) is 2.71. The van der Waals surface area contributed by atoms with Gasteiger partial charge in [-0.2, -0.15) is 0 Å². The van der Waals surface area contributed by atoms with Crippen molar-refractivity contribution in [2.75, 3.05) is 20.2 Å². The lowest BCUT2D eigenvalue weighted by Gasteiger charge is -2.21. The number of aliphatic carboxylic acids is 1. The topological polar surface area (TPSA) is 110 Å². The number of rotatable bonds is 8. The molecule has 0 spiro atoms. The highest BCUT2D eigenvalue weighted by molar-refractivity contribution is 5.97. The summed E-state index contributed by atoms with van der Waals surface area (Å²) < 4.78 is 5.13. The molecule has 0 saturated heterocycles. The van der Waals surface area contributed by atoms with E-state index in [0.717, 1.165) is 16.5 Å². The molecule has 0 radical (unpaired) electrons. The van der Waals surface area contributed by atoms with E-state index in [1.54, 1.807) is 0 Å². The number of carbonyl (C=O) groups excluding carboxylic acids is 1. The predicted molar refractivity (Wildman–Crippen MR) is 98.1 cm³/mol. The second-order valence-corrected chi connectivity index (χ2v) is 5.94. The fraction of sp³-hybridized carbons (Fsp3) is 0.263. The Morgan fingerprint density at radius 3 is 2.44 bits per heavy atom. The fourth-order valence-corrected chi connectivity index (χ4v) is 2.71. The Kier molecular flexibility index (Phi) is 6.48. The monoisotopic (exact) mass is 372 g/mol. The lowest BCUT2D eigenvalue weighted by atomic mass is 10.1. The predicted octanol–water partition coefficient (Wildman–Crippen LogP) is 2.68. The van der Waals surface area contributed by atoms with Crippen molar-refractivity contribution in [1.29, 1.82) is 0 Å². The third-order valence-corrected chi connectivity index (χ3v) is 4.12. The molecule has 0 atom stereocenters. The summed E-state index contributed by atoms with van der Waals surface area (Å²) in [4.78, 5) is 35.8. The van der Waals surface area contributed by atoms with Gasteiger partial charge in [0.1, 0.15) is 12.3 Å². The Morgan fingerprint density at radius 1 is 1.22 bits per heavy atom. The number of carboxylic acid groups (broad SMARTS) is 1. The third-order valence-electron chi connectivity index (χ3n) is 4.12. The van der Waals surface area contributed by atoms with Crippen LogP contribution in [0.4, 0.5) is 5.69 Å². The van der Waals surface area contributed by atoms with Crippen LogP contribution in [-0.2, 0) is 11.2 Å². The molecule has 0 unspecified atom stereocenters. The van der Waals surface area contributed by atoms with Crippen LogP contribution in [0.1, 0.15) is 21.5 Å². The summed E-state index contributed by atoms with van der Waals surface area (Å²) in [5.41, 5.74) is 1.01. The molecule has 2 aromatic rings. The van der Waals surface area contributed by atoms with Crippen LogP contribution in [0.3, 0.4) is 0 Å². The zero-order valence-electron chi connectivity index (χ0n) is 15.0. The highest BCUT2D eigenvalue weighted by Crippen LogP contribution is 2.30. The third kappa shape index (κ3) is 5.04. The number of carboxylic acids is 1. The van der Waals surface area contributed by atoms with E-state index in [4.69, 9.17) is 9.84 Å². The summed E-state index contributed by atoms with van der Waals surface area (Å²) in [5.74, 6) is -1.56. The van der Waals surface area contributed by atoms with Crippen molar-refractivity contribution in [3.8, 4) is 5.75 Å². The van der Waals surface area contributed by atoms with Crippen LogP contribution < -0.4 is 4.74 Å². The number of nitro groups is 1. The maximum absolute atomic E-state index is 12.8. The van der Waals surface area contributed by atoms with Crippen LogP contribution in [0.5, 0.6) is 5.75 Å². The number of amides is 1. The van der Waals surface area contributed by atoms with Crippen molar-refractivity contribution >= 4 is 17.6 Å². The maximum atomic E-state index is 12.8. The number of hydrogen-bond acceptors (Lipinski definition) is 5. The molecule has 8 heteroatoms. The molecule has 0 aromatic heterocycles. The van der Waals surface area contributed by atoms with Gasteiger partial charge in [0, 0.05) is 12.6 Å². The number of nitro benzene ring substituents is 1. The van der Waals surface area contributed by atoms with E-state index in [1.165, 1.54) is 20.1 Å². The van der Waals surface area contributed by atoms with Crippen LogP contribution in [0.15, 0.2) is 42.5 Å². The van der Waals surface area contributed by atoms with Gasteiger partial charge in [-0.05, 0) is 25.0 Å². The van der Waals surface area contributed by atoms with Crippen molar-refractivity contribution in [2.24, 2.45) is 0 Å².